The van der Waals surface area contributed by atoms with Crippen molar-refractivity contribution in [2.45, 2.75) is 16.3 Å². The molecular formula is C15H10N4S3. The minimum atomic E-state index is 0.905. The Labute approximate surface area is 139 Å². The normalized spacial score (nSPS) is 11.1. The molecule has 1 aromatic carbocycles. The molecule has 0 N–H and O–H groups in total. The lowest BCUT2D eigenvalue weighted by Crippen LogP contribution is -1.85. The van der Waals surface area contributed by atoms with Gasteiger partial charge in [-0.05, 0) is 24.2 Å². The molecule has 108 valence electrons. The van der Waals surface area contributed by atoms with Crippen molar-refractivity contribution < 1.29 is 0 Å². The Morgan fingerprint density at radius 2 is 1.91 bits per heavy atom. The summed E-state index contributed by atoms with van der Waals surface area (Å²) in [5.74, 6) is 0. The number of aryl methyl sites for hydroxylation is 1. The zero-order valence-electron chi connectivity index (χ0n) is 11.6. The summed E-state index contributed by atoms with van der Waals surface area (Å²) in [6, 6.07) is 10.3. The summed E-state index contributed by atoms with van der Waals surface area (Å²) >= 11 is 4.77. The molecule has 4 aromatic rings. The van der Waals surface area contributed by atoms with Gasteiger partial charge in [-0.25, -0.2) is 9.97 Å². The molecule has 0 spiro atoms. The van der Waals surface area contributed by atoms with Gasteiger partial charge in [-0.15, -0.1) is 21.5 Å². The molecule has 0 atom stereocenters. The zero-order chi connectivity index (χ0) is 14.9. The summed E-state index contributed by atoms with van der Waals surface area (Å²) in [7, 11) is 0. The minimum Gasteiger partial charge on any atom is -0.229 e. The van der Waals surface area contributed by atoms with Crippen LogP contribution in [0.5, 0.6) is 0 Å². The van der Waals surface area contributed by atoms with Crippen molar-refractivity contribution in [3.63, 3.8) is 0 Å². The second kappa shape index (κ2) is 5.75. The molecule has 22 heavy (non-hydrogen) atoms. The van der Waals surface area contributed by atoms with Crippen molar-refractivity contribution in [1.82, 2.24) is 20.2 Å². The molecule has 0 bridgehead atoms. The minimum absolute atomic E-state index is 0.905. The van der Waals surface area contributed by atoms with E-state index in [0.717, 1.165) is 24.6 Å². The second-order valence-corrected chi connectivity index (χ2v) is 7.84. The van der Waals surface area contributed by atoms with E-state index in [0.29, 0.717) is 0 Å². The van der Waals surface area contributed by atoms with Gasteiger partial charge in [0.25, 0.3) is 0 Å². The highest BCUT2D eigenvalue weighted by atomic mass is 32.2. The first kappa shape index (κ1) is 13.8. The molecule has 0 amide bonds. The van der Waals surface area contributed by atoms with Crippen LogP contribution in [0.2, 0.25) is 0 Å². The van der Waals surface area contributed by atoms with Crippen molar-refractivity contribution in [1.29, 1.82) is 0 Å². The molecule has 0 fully saturated rings. The summed E-state index contributed by atoms with van der Waals surface area (Å²) < 4.78 is 0.905. The molecule has 3 aromatic heterocycles. The van der Waals surface area contributed by atoms with Crippen LogP contribution in [0.25, 0.3) is 21.3 Å². The molecule has 0 aliphatic carbocycles. The molecule has 0 unspecified atom stereocenters. The third kappa shape index (κ3) is 2.51. The SMILES string of the molecule is Cc1nnc(Sc2ncnc3scc(-c4ccccc4)c23)s1. The zero-order valence-corrected chi connectivity index (χ0v) is 14.0. The summed E-state index contributed by atoms with van der Waals surface area (Å²) in [5, 5.41) is 13.4. The molecule has 3 heterocycles. The van der Waals surface area contributed by atoms with E-state index in [-0.39, 0.29) is 0 Å². The van der Waals surface area contributed by atoms with E-state index in [1.54, 1.807) is 40.8 Å². The van der Waals surface area contributed by atoms with Crippen LogP contribution in [0.15, 0.2) is 51.4 Å². The Hall–Kier alpha value is -1.83. The van der Waals surface area contributed by atoms with Gasteiger partial charge in [-0.1, -0.05) is 41.7 Å². The number of fused-ring (bicyclic) bond motifs is 1. The summed E-state index contributed by atoms with van der Waals surface area (Å²) in [6.07, 6.45) is 1.61. The predicted molar refractivity (Wildman–Crippen MR) is 91.6 cm³/mol. The van der Waals surface area contributed by atoms with Crippen LogP contribution >= 0.6 is 34.4 Å². The number of hydrogen-bond donors (Lipinski definition) is 0. The number of thiophene rings is 1. The van der Waals surface area contributed by atoms with Crippen LogP contribution in [0.3, 0.4) is 0 Å². The Balaban J connectivity index is 1.86. The Morgan fingerprint density at radius 1 is 1.05 bits per heavy atom. The molecule has 0 aliphatic heterocycles. The van der Waals surface area contributed by atoms with Crippen LogP contribution in [0, 0.1) is 6.92 Å². The van der Waals surface area contributed by atoms with Gasteiger partial charge in [-0.2, -0.15) is 0 Å². The lowest BCUT2D eigenvalue weighted by atomic mass is 10.1. The highest BCUT2D eigenvalue weighted by molar-refractivity contribution is 8.01. The predicted octanol–water partition coefficient (Wildman–Crippen LogP) is 4.67. The molecule has 4 nitrogen and oxygen atoms in total. The average molecular weight is 342 g/mol. The summed E-state index contributed by atoms with van der Waals surface area (Å²) in [6.45, 7) is 1.96. The summed E-state index contributed by atoms with van der Waals surface area (Å²) in [4.78, 5) is 9.86. The first-order valence-electron chi connectivity index (χ1n) is 6.57. The standard InChI is InChI=1S/C15H10N4S3/c1-9-18-19-15(21-9)22-14-12-11(10-5-3-2-4-6-10)7-20-13(12)16-8-17-14/h2-8H,1H3. The van der Waals surface area contributed by atoms with Gasteiger partial charge in [0.15, 0.2) is 4.34 Å². The van der Waals surface area contributed by atoms with Gasteiger partial charge in [-0.3, -0.25) is 0 Å². The van der Waals surface area contributed by atoms with E-state index >= 15 is 0 Å². The van der Waals surface area contributed by atoms with Gasteiger partial charge < -0.3 is 0 Å². The van der Waals surface area contributed by atoms with E-state index in [9.17, 15) is 0 Å². The largest absolute Gasteiger partial charge is 0.229 e. The topological polar surface area (TPSA) is 51.6 Å². The van der Waals surface area contributed by atoms with Crippen molar-refractivity contribution in [3.8, 4) is 11.1 Å². The fourth-order valence-electron chi connectivity index (χ4n) is 2.16. The quantitative estimate of drug-likeness (QED) is 0.506. The van der Waals surface area contributed by atoms with Gasteiger partial charge in [0.2, 0.25) is 0 Å². The maximum Gasteiger partial charge on any atom is 0.180 e. The smallest absolute Gasteiger partial charge is 0.180 e. The van der Waals surface area contributed by atoms with E-state index in [1.165, 1.54) is 11.1 Å². The first-order valence-corrected chi connectivity index (χ1v) is 9.08. The molecule has 0 radical (unpaired) electrons. The third-order valence-electron chi connectivity index (χ3n) is 3.11. The van der Waals surface area contributed by atoms with Crippen molar-refractivity contribution in [3.05, 3.63) is 47.0 Å². The van der Waals surface area contributed by atoms with Crippen LogP contribution in [0.4, 0.5) is 0 Å². The maximum absolute atomic E-state index is 4.47. The van der Waals surface area contributed by atoms with Crippen molar-refractivity contribution in [2.75, 3.05) is 0 Å². The number of aromatic nitrogens is 4. The van der Waals surface area contributed by atoms with E-state index in [1.807, 2.05) is 25.1 Å². The number of benzene rings is 1. The van der Waals surface area contributed by atoms with Gasteiger partial charge in [0.05, 0.1) is 5.39 Å². The Kier molecular flexibility index (Phi) is 3.61. The maximum atomic E-state index is 4.47. The monoisotopic (exact) mass is 342 g/mol. The number of nitrogens with zero attached hydrogens (tertiary/aromatic N) is 4. The van der Waals surface area contributed by atoms with E-state index in [4.69, 9.17) is 0 Å². The fraction of sp³-hybridized carbons (Fsp3) is 0.0667. The second-order valence-electron chi connectivity index (χ2n) is 4.56. The van der Waals surface area contributed by atoms with E-state index < -0.39 is 0 Å². The highest BCUT2D eigenvalue weighted by Gasteiger charge is 2.15. The van der Waals surface area contributed by atoms with Crippen LogP contribution in [-0.2, 0) is 0 Å². The molecule has 7 heteroatoms. The molecule has 4 rings (SSSR count). The van der Waals surface area contributed by atoms with Crippen molar-refractivity contribution >= 4 is 44.7 Å². The fourth-order valence-corrected chi connectivity index (χ4v) is 4.97. The first-order chi connectivity index (χ1) is 10.8. The molecule has 0 saturated heterocycles. The Morgan fingerprint density at radius 3 is 2.68 bits per heavy atom. The summed E-state index contributed by atoms with van der Waals surface area (Å²) in [5.41, 5.74) is 2.35. The van der Waals surface area contributed by atoms with Gasteiger partial charge in [0, 0.05) is 10.9 Å². The lowest BCUT2D eigenvalue weighted by molar-refractivity contribution is 0.981. The number of hydrogen-bond acceptors (Lipinski definition) is 7. The number of rotatable bonds is 3. The van der Waals surface area contributed by atoms with Gasteiger partial charge >= 0.3 is 0 Å². The lowest BCUT2D eigenvalue weighted by Gasteiger charge is -2.03. The van der Waals surface area contributed by atoms with E-state index in [2.05, 4.69) is 37.7 Å². The van der Waals surface area contributed by atoms with Gasteiger partial charge in [0.1, 0.15) is 21.2 Å². The van der Waals surface area contributed by atoms with Crippen molar-refractivity contribution in [2.24, 2.45) is 0 Å². The average Bonchev–Trinajstić information content (AvgIpc) is 3.15. The highest BCUT2D eigenvalue weighted by Crippen LogP contribution is 2.40. The molecule has 0 aliphatic rings. The van der Waals surface area contributed by atoms with Crippen LogP contribution in [0.1, 0.15) is 5.01 Å². The Bertz CT molecular complexity index is 930. The molecular weight excluding hydrogens is 332 g/mol. The molecule has 0 saturated carbocycles. The van der Waals surface area contributed by atoms with Crippen LogP contribution < -0.4 is 0 Å². The third-order valence-corrected chi connectivity index (χ3v) is 5.89. The van der Waals surface area contributed by atoms with Crippen LogP contribution in [-0.4, -0.2) is 20.2 Å².